The molecule has 1 saturated carbocycles. The summed E-state index contributed by atoms with van der Waals surface area (Å²) < 4.78 is 45.9. The lowest BCUT2D eigenvalue weighted by atomic mass is 9.59. The lowest BCUT2D eigenvalue weighted by molar-refractivity contribution is -0.144. The number of aryl methyl sites for hydroxylation is 1. The number of nitrogens with one attached hydrogen (secondary N) is 1. The van der Waals surface area contributed by atoms with Gasteiger partial charge in [0.15, 0.2) is 11.5 Å². The van der Waals surface area contributed by atoms with Crippen molar-refractivity contribution >= 4 is 23.3 Å². The highest BCUT2D eigenvalue weighted by atomic mass is 35.5. The van der Waals surface area contributed by atoms with E-state index >= 15 is 0 Å². The van der Waals surface area contributed by atoms with E-state index in [1.165, 1.54) is 16.7 Å². The van der Waals surface area contributed by atoms with Gasteiger partial charge in [-0.2, -0.15) is 8.78 Å². The Kier molecular flexibility index (Phi) is 11.2. The van der Waals surface area contributed by atoms with E-state index in [0.29, 0.717) is 88.1 Å². The van der Waals surface area contributed by atoms with E-state index in [1.807, 2.05) is 24.4 Å². The number of piperidine rings is 1. The van der Waals surface area contributed by atoms with E-state index < -0.39 is 17.6 Å². The van der Waals surface area contributed by atoms with Gasteiger partial charge in [0.2, 0.25) is 0 Å². The van der Waals surface area contributed by atoms with Crippen molar-refractivity contribution in [3.8, 4) is 17.2 Å². The van der Waals surface area contributed by atoms with Crippen molar-refractivity contribution < 1.29 is 32.9 Å². The molecule has 0 radical (unpaired) electrons. The van der Waals surface area contributed by atoms with Crippen LogP contribution in [0.25, 0.3) is 0 Å². The smallest absolute Gasteiger partial charge is 0.329 e. The summed E-state index contributed by atoms with van der Waals surface area (Å²) in [6.45, 7) is 8.09. The molecule has 1 spiro atoms. The van der Waals surface area contributed by atoms with Crippen LogP contribution in [0, 0.1) is 17.8 Å². The molecule has 3 heterocycles. The summed E-state index contributed by atoms with van der Waals surface area (Å²) in [4.78, 5) is 20.0. The molecule has 8 nitrogen and oxygen atoms in total. The number of carboxylic acids is 1. The quantitative estimate of drug-likeness (QED) is 0.210. The van der Waals surface area contributed by atoms with Gasteiger partial charge in [0.25, 0.3) is 6.08 Å². The van der Waals surface area contributed by atoms with Crippen LogP contribution < -0.4 is 19.5 Å². The molecule has 2 unspecified atom stereocenters. The predicted molar refractivity (Wildman–Crippen MR) is 213 cm³/mol. The molecule has 1 saturated heterocycles. The highest BCUT2D eigenvalue weighted by Crippen LogP contribution is 2.58. The molecule has 4 atom stereocenters. The number of hydrogen-bond donors (Lipinski definition) is 2. The third kappa shape index (κ3) is 7.85. The van der Waals surface area contributed by atoms with Crippen LogP contribution >= 0.6 is 11.6 Å². The molecule has 3 aliphatic carbocycles. The number of pyridine rings is 1. The number of rotatable bonds is 10. The molecule has 2 fully saturated rings. The predicted octanol–water partition coefficient (Wildman–Crippen LogP) is 9.83. The van der Waals surface area contributed by atoms with Crippen LogP contribution in [0.1, 0.15) is 99.9 Å². The van der Waals surface area contributed by atoms with Gasteiger partial charge in [-0.05, 0) is 147 Å². The van der Waals surface area contributed by atoms with Crippen LogP contribution in [0.15, 0.2) is 60.3 Å². The highest BCUT2D eigenvalue weighted by Gasteiger charge is 2.54. The zero-order valence-corrected chi connectivity index (χ0v) is 33.3. The standard InChI is InChI=1S/C45H54ClF2N3O5/c1-28(25-54-38-9-16-49-37-8-3-5-29(2)41(37)38)19-33-20-32-21-39-40(56-27-30(26-55-39)24-51-17-10-31(11-18-51)42(47)48)23-36(32)44(33)12-14-45(15-13-44,43(52)53)50-35-7-4-6-34(46)22-35/h4,6-7,9,16,21-23,28-30,33,50H,3,5,8,10-15,17-20,24-27H2,1-2H3,(H,52,53)/t28-,29-,30?,33?,44?,45?/m1/s1. The van der Waals surface area contributed by atoms with Gasteiger partial charge in [-0.25, -0.2) is 4.79 Å². The Morgan fingerprint density at radius 1 is 1.07 bits per heavy atom. The van der Waals surface area contributed by atoms with Crippen LogP contribution in [0.3, 0.4) is 0 Å². The zero-order chi connectivity index (χ0) is 39.0. The van der Waals surface area contributed by atoms with Crippen molar-refractivity contribution in [1.29, 1.82) is 0 Å². The average molecular weight is 790 g/mol. The number of carboxylic acid groups (broad SMARTS) is 1. The molecule has 8 rings (SSSR count). The first-order valence-electron chi connectivity index (χ1n) is 20.6. The first-order chi connectivity index (χ1) is 27.0. The van der Waals surface area contributed by atoms with E-state index in [1.54, 1.807) is 12.1 Å². The number of aromatic nitrogens is 1. The molecule has 2 aromatic carbocycles. The van der Waals surface area contributed by atoms with E-state index in [0.717, 1.165) is 61.6 Å². The fourth-order valence-electron chi connectivity index (χ4n) is 10.5. The largest absolute Gasteiger partial charge is 0.493 e. The van der Waals surface area contributed by atoms with Gasteiger partial charge >= 0.3 is 5.97 Å². The molecule has 56 heavy (non-hydrogen) atoms. The summed E-state index contributed by atoms with van der Waals surface area (Å²) in [7, 11) is 0. The monoisotopic (exact) mass is 789 g/mol. The molecular formula is C45H54ClF2N3O5. The van der Waals surface area contributed by atoms with Crippen LogP contribution in [0.5, 0.6) is 17.2 Å². The molecule has 0 amide bonds. The van der Waals surface area contributed by atoms with Gasteiger partial charge in [-0.3, -0.25) is 4.98 Å². The van der Waals surface area contributed by atoms with Crippen molar-refractivity contribution in [1.82, 2.24) is 9.88 Å². The van der Waals surface area contributed by atoms with Gasteiger partial charge in [0.05, 0.1) is 19.8 Å². The summed E-state index contributed by atoms with van der Waals surface area (Å²) >= 11 is 6.31. The van der Waals surface area contributed by atoms with Crippen molar-refractivity contribution in [3.05, 3.63) is 87.7 Å². The number of nitrogens with zero attached hydrogens (tertiary/aromatic N) is 2. The normalized spacial score (nSPS) is 27.9. The van der Waals surface area contributed by atoms with Crippen LogP contribution in [0.2, 0.25) is 5.02 Å². The molecule has 5 aliphatic rings. The van der Waals surface area contributed by atoms with Crippen molar-refractivity contribution in [2.45, 2.75) is 101 Å². The number of anilines is 1. The number of halogens is 3. The minimum absolute atomic E-state index is 0.109. The molecule has 2 N–H and O–H groups in total. The van der Waals surface area contributed by atoms with Crippen molar-refractivity contribution in [3.63, 3.8) is 0 Å². The molecule has 1 aromatic heterocycles. The summed E-state index contributed by atoms with van der Waals surface area (Å²) in [5.41, 5.74) is 4.55. The molecular weight excluding hydrogens is 736 g/mol. The van der Waals surface area contributed by atoms with E-state index in [4.69, 9.17) is 25.8 Å². The zero-order valence-electron chi connectivity index (χ0n) is 32.6. The Labute approximate surface area is 334 Å². The molecule has 2 aliphatic heterocycles. The highest BCUT2D eigenvalue weighted by molar-refractivity contribution is 6.30. The van der Waals surface area contributed by atoms with Gasteiger partial charge in [0.1, 0.15) is 11.3 Å². The lowest BCUT2D eigenvalue weighted by Crippen LogP contribution is -2.53. The Morgan fingerprint density at radius 3 is 2.54 bits per heavy atom. The van der Waals surface area contributed by atoms with Gasteiger partial charge in [0, 0.05) is 53.7 Å². The van der Waals surface area contributed by atoms with Crippen molar-refractivity contribution in [2.24, 2.45) is 17.8 Å². The Morgan fingerprint density at radius 2 is 1.82 bits per heavy atom. The first-order valence-corrected chi connectivity index (χ1v) is 21.0. The summed E-state index contributed by atoms with van der Waals surface area (Å²) in [5, 5.41) is 14.7. The number of ether oxygens (including phenoxy) is 3. The molecule has 11 heteroatoms. The average Bonchev–Trinajstić information content (AvgIpc) is 3.31. The van der Waals surface area contributed by atoms with Crippen LogP contribution in [-0.2, 0) is 23.1 Å². The van der Waals surface area contributed by atoms with Crippen molar-refractivity contribution in [2.75, 3.05) is 44.8 Å². The SMILES string of the molecule is C[C@@H](COc1ccnc2c1[C@H](C)CCC2)CC1Cc2cc3c(cc2C12CCC(Nc1cccc(Cl)c1)(C(=O)O)CC2)OCC(CN1CCC(=C(F)F)CC1)CO3. The molecule has 300 valence electrons. The summed E-state index contributed by atoms with van der Waals surface area (Å²) in [6, 6.07) is 13.7. The maximum Gasteiger partial charge on any atom is 0.329 e. The van der Waals surface area contributed by atoms with E-state index in [2.05, 4.69) is 41.2 Å². The van der Waals surface area contributed by atoms with Gasteiger partial charge in [-0.1, -0.05) is 31.5 Å². The second-order valence-electron chi connectivity index (χ2n) is 17.3. The van der Waals surface area contributed by atoms with Crippen LogP contribution in [-0.4, -0.2) is 66.0 Å². The summed E-state index contributed by atoms with van der Waals surface area (Å²) in [5.74, 6) is 2.68. The summed E-state index contributed by atoms with van der Waals surface area (Å²) in [6.07, 6.45) is 8.62. The number of benzene rings is 2. The Balaban J connectivity index is 1.02. The molecule has 3 aromatic rings. The Hall–Kier alpha value is -3.89. The number of fused-ring (bicyclic) bond motifs is 4. The van der Waals surface area contributed by atoms with Crippen LogP contribution in [0.4, 0.5) is 14.5 Å². The van der Waals surface area contributed by atoms with E-state index in [9.17, 15) is 18.7 Å². The number of likely N-dealkylation sites (tertiary alicyclic amines) is 1. The fourth-order valence-corrected chi connectivity index (χ4v) is 10.7. The minimum Gasteiger partial charge on any atom is -0.493 e. The first kappa shape index (κ1) is 39.0. The fraction of sp³-hybridized carbons (Fsp3) is 0.556. The third-order valence-corrected chi connectivity index (χ3v) is 13.8. The second-order valence-corrected chi connectivity index (χ2v) is 17.7. The third-order valence-electron chi connectivity index (χ3n) is 13.5. The minimum atomic E-state index is -1.53. The number of carbonyl (C=O) groups is 1. The topological polar surface area (TPSA) is 93.2 Å². The lowest BCUT2D eigenvalue weighted by Gasteiger charge is -2.47. The Bertz CT molecular complexity index is 1950. The maximum absolute atomic E-state index is 13.1. The molecule has 0 bridgehead atoms. The number of aliphatic carboxylic acids is 1. The van der Waals surface area contributed by atoms with E-state index in [-0.39, 0.29) is 28.7 Å². The maximum atomic E-state index is 13.1. The number of hydrogen-bond acceptors (Lipinski definition) is 7. The van der Waals surface area contributed by atoms with Gasteiger partial charge in [-0.15, -0.1) is 0 Å². The van der Waals surface area contributed by atoms with Gasteiger partial charge < -0.3 is 29.5 Å². The second kappa shape index (κ2) is 16.2.